The largest absolute Gasteiger partial charge is 0.456 e. The minimum absolute atomic E-state index is 0.0453. The van der Waals surface area contributed by atoms with Gasteiger partial charge in [-0.3, -0.25) is 9.59 Å². The van der Waals surface area contributed by atoms with Crippen LogP contribution in [-0.2, 0) is 31.5 Å². The highest BCUT2D eigenvalue weighted by Crippen LogP contribution is 2.29. The summed E-state index contributed by atoms with van der Waals surface area (Å²) >= 11 is 0. The summed E-state index contributed by atoms with van der Waals surface area (Å²) < 4.78 is 26.6. The molecule has 0 aliphatic heterocycles. The molecule has 0 aliphatic carbocycles. The number of likely N-dealkylation sites (N-methyl/N-ethyl adjacent to an activating group) is 2. The van der Waals surface area contributed by atoms with Gasteiger partial charge in [0.05, 0.1) is 35.2 Å². The lowest BCUT2D eigenvalue weighted by Crippen LogP contribution is -2.57. The van der Waals surface area contributed by atoms with Crippen LogP contribution in [0.15, 0.2) is 12.2 Å². The minimum Gasteiger partial charge on any atom is -0.456 e. The third kappa shape index (κ3) is 22.3. The molecule has 0 saturated heterocycles. The highest BCUT2D eigenvalue weighted by atomic mass is 28.5. The van der Waals surface area contributed by atoms with Gasteiger partial charge in [0.15, 0.2) is 29.7 Å². The van der Waals surface area contributed by atoms with Crippen molar-refractivity contribution in [3.63, 3.8) is 0 Å². The van der Waals surface area contributed by atoms with E-state index in [9.17, 15) is 14.4 Å². The summed E-state index contributed by atoms with van der Waals surface area (Å²) in [6.07, 6.45) is 1.63. The van der Waals surface area contributed by atoms with Crippen LogP contribution >= 0.6 is 0 Å². The Hall–Kier alpha value is -1.18. The first kappa shape index (κ1) is 42.8. The molecule has 258 valence electrons. The fourth-order valence-electron chi connectivity index (χ4n) is 4.93. The van der Waals surface area contributed by atoms with Gasteiger partial charge in [0.2, 0.25) is 0 Å². The first-order chi connectivity index (χ1) is 19.7. The van der Waals surface area contributed by atoms with E-state index in [4.69, 9.17) is 17.1 Å². The lowest BCUT2D eigenvalue weighted by Gasteiger charge is -2.42. The van der Waals surface area contributed by atoms with Crippen LogP contribution in [0.5, 0.6) is 0 Å². The Labute approximate surface area is 273 Å². The standard InChI is InChI=1S/C29H64N4O7Si4/c1-26(2)29(36)37-21-20-33(6,7)25-28(35)31-19-17-23-44(15,38-41(8,9)10)40-43(13,14)39-42(11,12)22-16-18-30-27(34)24-32(3,4)5/h1,16-25H2,2-15H3/p+2. The smallest absolute Gasteiger partial charge is 0.333 e. The second kappa shape index (κ2) is 17.7. The molecule has 0 spiro atoms. The SMILES string of the molecule is C=C(C)C(=O)OCC[N+](C)(C)CC(=O)NCCC[Si](C)(O[Si](C)(C)C)O[Si](C)(C)O[Si](C)(C)CCCNC(=O)C[N+](C)(C)C. The number of carbonyl (C=O) groups excluding carboxylic acids is 3. The number of nitrogens with one attached hydrogen (secondary N) is 2. The molecule has 0 rings (SSSR count). The first-order valence-corrected chi connectivity index (χ1v) is 27.6. The van der Waals surface area contributed by atoms with E-state index in [1.165, 1.54) is 0 Å². The van der Waals surface area contributed by atoms with Crippen LogP contribution in [-0.4, -0.2) is 135 Å². The van der Waals surface area contributed by atoms with Crippen molar-refractivity contribution in [2.45, 2.75) is 84.2 Å². The molecule has 0 aromatic heterocycles. The van der Waals surface area contributed by atoms with Gasteiger partial charge in [-0.15, -0.1) is 0 Å². The second-order valence-corrected chi connectivity index (χ2v) is 32.1. The zero-order valence-electron chi connectivity index (χ0n) is 30.5. The van der Waals surface area contributed by atoms with E-state index < -0.39 is 39.7 Å². The van der Waals surface area contributed by atoms with Crippen molar-refractivity contribution in [3.05, 3.63) is 12.2 Å². The second-order valence-electron chi connectivity index (χ2n) is 15.8. The summed E-state index contributed by atoms with van der Waals surface area (Å²) in [5.41, 5.74) is 0.363. The van der Waals surface area contributed by atoms with Crippen LogP contribution in [0.3, 0.4) is 0 Å². The monoisotopic (exact) mass is 694 g/mol. The molecule has 0 heterocycles. The van der Waals surface area contributed by atoms with E-state index in [2.05, 4.69) is 69.6 Å². The van der Waals surface area contributed by atoms with Gasteiger partial charge in [-0.25, -0.2) is 4.79 Å². The maximum Gasteiger partial charge on any atom is 0.333 e. The van der Waals surface area contributed by atoms with Crippen molar-refractivity contribution in [3.8, 4) is 0 Å². The highest BCUT2D eigenvalue weighted by molar-refractivity contribution is 6.89. The van der Waals surface area contributed by atoms with E-state index in [-0.39, 0.29) is 25.0 Å². The molecular weight excluding hydrogens is 629 g/mol. The third-order valence-electron chi connectivity index (χ3n) is 6.38. The number of quaternary nitrogens is 2. The number of amides is 2. The van der Waals surface area contributed by atoms with E-state index in [1.54, 1.807) is 6.92 Å². The van der Waals surface area contributed by atoms with Crippen molar-refractivity contribution in [1.82, 2.24) is 10.6 Å². The molecule has 0 fully saturated rings. The van der Waals surface area contributed by atoms with Crippen LogP contribution in [0.4, 0.5) is 0 Å². The maximum atomic E-state index is 12.7. The zero-order valence-corrected chi connectivity index (χ0v) is 34.5. The quantitative estimate of drug-likeness (QED) is 0.0584. The number of hydrogen-bond acceptors (Lipinski definition) is 7. The number of hydrogen-bond donors (Lipinski definition) is 2. The summed E-state index contributed by atoms with van der Waals surface area (Å²) in [4.78, 5) is 36.5. The third-order valence-corrected chi connectivity index (χ3v) is 21.2. The summed E-state index contributed by atoms with van der Waals surface area (Å²) in [7, 11) is 0.815. The van der Waals surface area contributed by atoms with Gasteiger partial charge < -0.3 is 36.7 Å². The molecule has 2 amide bonds. The molecule has 2 N–H and O–H groups in total. The molecule has 1 unspecified atom stereocenters. The predicted octanol–water partition coefficient (Wildman–Crippen LogP) is 3.76. The zero-order chi connectivity index (χ0) is 34.6. The Morgan fingerprint density at radius 3 is 1.70 bits per heavy atom. The molecule has 1 atom stereocenters. The summed E-state index contributed by atoms with van der Waals surface area (Å²) in [6.45, 7) is 25.2. The first-order valence-electron chi connectivity index (χ1n) is 15.7. The van der Waals surface area contributed by atoms with E-state index >= 15 is 0 Å². The summed E-state index contributed by atoms with van der Waals surface area (Å²) in [6, 6.07) is 1.69. The van der Waals surface area contributed by atoms with E-state index in [0.29, 0.717) is 40.7 Å². The lowest BCUT2D eigenvalue weighted by atomic mass is 10.3. The Morgan fingerprint density at radius 1 is 0.727 bits per heavy atom. The average Bonchev–Trinajstić information content (AvgIpc) is 2.75. The molecule has 0 saturated carbocycles. The molecule has 11 nitrogen and oxygen atoms in total. The van der Waals surface area contributed by atoms with Gasteiger partial charge in [0.25, 0.3) is 11.8 Å². The summed E-state index contributed by atoms with van der Waals surface area (Å²) in [5.74, 6) is -0.388. The van der Waals surface area contributed by atoms with Gasteiger partial charge in [-0.2, -0.15) is 0 Å². The Morgan fingerprint density at radius 2 is 1.23 bits per heavy atom. The van der Waals surface area contributed by atoms with Gasteiger partial charge in [0, 0.05) is 18.7 Å². The predicted molar refractivity (Wildman–Crippen MR) is 189 cm³/mol. The van der Waals surface area contributed by atoms with Gasteiger partial charge in [0.1, 0.15) is 13.2 Å². The average molecular weight is 695 g/mol. The van der Waals surface area contributed by atoms with E-state index in [0.717, 1.165) is 24.9 Å². The van der Waals surface area contributed by atoms with Crippen LogP contribution in [0.25, 0.3) is 0 Å². The molecule has 0 bridgehead atoms. The Balaban J connectivity index is 4.97. The van der Waals surface area contributed by atoms with Crippen LogP contribution in [0.1, 0.15) is 19.8 Å². The van der Waals surface area contributed by atoms with Crippen molar-refractivity contribution < 1.29 is 40.4 Å². The van der Waals surface area contributed by atoms with Crippen LogP contribution in [0.2, 0.25) is 64.5 Å². The Kier molecular flexibility index (Phi) is 17.2. The number of rotatable bonds is 22. The van der Waals surface area contributed by atoms with Crippen molar-refractivity contribution in [2.24, 2.45) is 0 Å². The fraction of sp³-hybridized carbons (Fsp3) is 0.828. The molecule has 0 aromatic carbocycles. The lowest BCUT2D eigenvalue weighted by molar-refractivity contribution is -0.882. The minimum atomic E-state index is -2.60. The normalized spacial score (nSPS) is 14.5. The van der Waals surface area contributed by atoms with Gasteiger partial charge in [-0.05, 0) is 84.2 Å². The van der Waals surface area contributed by atoms with E-state index in [1.807, 2.05) is 35.2 Å². The molecular formula is C29H66N4O7Si4+2. The topological polar surface area (TPSA) is 112 Å². The molecule has 15 heteroatoms. The number of nitrogens with zero attached hydrogens (tertiary/aromatic N) is 2. The van der Waals surface area contributed by atoms with Crippen molar-refractivity contribution in [1.29, 1.82) is 0 Å². The van der Waals surface area contributed by atoms with Gasteiger partial charge in [-0.1, -0.05) is 6.58 Å². The Bertz CT molecular complexity index is 966. The van der Waals surface area contributed by atoms with Crippen molar-refractivity contribution >= 4 is 51.5 Å². The molecule has 0 radical (unpaired) electrons. The molecule has 44 heavy (non-hydrogen) atoms. The maximum absolute atomic E-state index is 12.7. The van der Waals surface area contributed by atoms with Crippen LogP contribution < -0.4 is 10.6 Å². The molecule has 0 aromatic rings. The number of ether oxygens (including phenoxy) is 1. The fourth-order valence-corrected chi connectivity index (χ4v) is 23.7. The summed E-state index contributed by atoms with van der Waals surface area (Å²) in [5, 5.41) is 6.08. The highest BCUT2D eigenvalue weighted by Gasteiger charge is 2.44. The molecule has 0 aliphatic rings. The van der Waals surface area contributed by atoms with Gasteiger partial charge >= 0.3 is 23.1 Å². The van der Waals surface area contributed by atoms with Crippen molar-refractivity contribution in [2.75, 3.05) is 74.6 Å². The van der Waals surface area contributed by atoms with Crippen LogP contribution in [0, 0.1) is 0 Å². The number of carbonyl (C=O) groups is 3. The number of esters is 1.